The van der Waals surface area contributed by atoms with Crippen LogP contribution >= 0.6 is 11.3 Å². The molecule has 3 amide bonds. The number of nitrogens with one attached hydrogen (secondary N) is 1. The number of hydrogen-bond acceptors (Lipinski definition) is 6. The fourth-order valence-corrected chi connectivity index (χ4v) is 13.0. The molecule has 230 valence electrons. The van der Waals surface area contributed by atoms with Crippen LogP contribution in [0.3, 0.4) is 0 Å². The number of aromatic nitrogens is 1. The van der Waals surface area contributed by atoms with Crippen molar-refractivity contribution in [3.05, 3.63) is 95.1 Å². The standard InChI is InChI=1S/C34H38FN3O4SSi/c1-20(2)44(21(3)4,22(5)6)42-19-23-11-13-24(14-12-23)28(18-38-33(40)25-9-7-8-10-26(25)34(38)41)32(39)37-31-15-27-29(35)16-36-17-30(27)43-31/h7-17,20-22,28H,18-19H2,1-6H3,(H,37,39). The van der Waals surface area contributed by atoms with E-state index in [0.717, 1.165) is 16.7 Å². The summed E-state index contributed by atoms with van der Waals surface area (Å²) in [6, 6.07) is 15.8. The van der Waals surface area contributed by atoms with E-state index in [1.807, 2.05) is 24.3 Å². The molecular weight excluding hydrogens is 594 g/mol. The summed E-state index contributed by atoms with van der Waals surface area (Å²) < 4.78 is 21.7. The highest BCUT2D eigenvalue weighted by Crippen LogP contribution is 2.43. The first-order valence-electron chi connectivity index (χ1n) is 15.0. The number of benzene rings is 2. The number of carbonyl (C=O) groups is 3. The molecule has 0 bridgehead atoms. The van der Waals surface area contributed by atoms with Crippen LogP contribution in [0.1, 0.15) is 79.3 Å². The van der Waals surface area contributed by atoms with Crippen molar-refractivity contribution < 1.29 is 23.2 Å². The Morgan fingerprint density at radius 1 is 0.932 bits per heavy atom. The van der Waals surface area contributed by atoms with Crippen LogP contribution in [0.4, 0.5) is 9.39 Å². The van der Waals surface area contributed by atoms with Crippen molar-refractivity contribution in [3.8, 4) is 0 Å². The lowest BCUT2D eigenvalue weighted by Gasteiger charge is -2.42. The van der Waals surface area contributed by atoms with Gasteiger partial charge in [0.05, 0.1) is 39.5 Å². The molecular formula is C34H38FN3O4SSi. The van der Waals surface area contributed by atoms with Gasteiger partial charge in [-0.2, -0.15) is 0 Å². The minimum absolute atomic E-state index is 0.140. The van der Waals surface area contributed by atoms with Gasteiger partial charge >= 0.3 is 0 Å². The fourth-order valence-electron chi connectivity index (χ4n) is 6.68. The number of thiophene rings is 1. The first kappa shape index (κ1) is 31.7. The monoisotopic (exact) mass is 631 g/mol. The Morgan fingerprint density at radius 3 is 2.07 bits per heavy atom. The predicted molar refractivity (Wildman–Crippen MR) is 175 cm³/mol. The molecule has 0 spiro atoms. The quantitative estimate of drug-likeness (QED) is 0.133. The zero-order chi connectivity index (χ0) is 31.8. The highest BCUT2D eigenvalue weighted by atomic mass is 32.1. The molecule has 2 aromatic carbocycles. The Hall–Kier alpha value is -3.73. The van der Waals surface area contributed by atoms with Gasteiger partial charge in [-0.3, -0.25) is 24.3 Å². The maximum atomic E-state index is 14.3. The number of carbonyl (C=O) groups excluding carboxylic acids is 3. The molecule has 0 saturated carbocycles. The summed E-state index contributed by atoms with van der Waals surface area (Å²) in [5.74, 6) is -2.60. The molecule has 10 heteroatoms. The number of pyridine rings is 1. The Bertz CT molecular complexity index is 1650. The smallest absolute Gasteiger partial charge is 0.261 e. The van der Waals surface area contributed by atoms with Gasteiger partial charge in [-0.25, -0.2) is 4.39 Å². The molecule has 1 unspecified atom stereocenters. The molecule has 0 saturated heterocycles. The Balaban J connectivity index is 1.42. The Morgan fingerprint density at radius 2 is 1.52 bits per heavy atom. The highest BCUT2D eigenvalue weighted by molar-refractivity contribution is 7.22. The van der Waals surface area contributed by atoms with Gasteiger partial charge in [-0.05, 0) is 45.9 Å². The number of rotatable bonds is 11. The van der Waals surface area contributed by atoms with Crippen molar-refractivity contribution in [1.29, 1.82) is 0 Å². The molecule has 1 aliphatic rings. The second-order valence-corrected chi connectivity index (χ2v) is 18.8. The van der Waals surface area contributed by atoms with Crippen LogP contribution in [0.25, 0.3) is 10.1 Å². The van der Waals surface area contributed by atoms with Crippen molar-refractivity contribution in [2.24, 2.45) is 0 Å². The van der Waals surface area contributed by atoms with Crippen molar-refractivity contribution in [3.63, 3.8) is 0 Å². The zero-order valence-electron chi connectivity index (χ0n) is 25.9. The van der Waals surface area contributed by atoms with E-state index in [0.29, 0.717) is 55.0 Å². The summed E-state index contributed by atoms with van der Waals surface area (Å²) in [5, 5.41) is 3.71. The van der Waals surface area contributed by atoms with E-state index in [9.17, 15) is 18.8 Å². The molecule has 7 nitrogen and oxygen atoms in total. The molecule has 0 aliphatic carbocycles. The Labute approximate surface area is 262 Å². The third kappa shape index (κ3) is 5.86. The first-order valence-corrected chi connectivity index (χ1v) is 17.9. The second kappa shape index (κ2) is 12.7. The van der Waals surface area contributed by atoms with Crippen molar-refractivity contribution in [1.82, 2.24) is 9.88 Å². The van der Waals surface area contributed by atoms with Gasteiger partial charge in [0.25, 0.3) is 11.8 Å². The maximum Gasteiger partial charge on any atom is 0.261 e. The lowest BCUT2D eigenvalue weighted by atomic mass is 9.96. The summed E-state index contributed by atoms with van der Waals surface area (Å²) >= 11 is 1.21. The predicted octanol–water partition coefficient (Wildman–Crippen LogP) is 8.15. The van der Waals surface area contributed by atoms with Gasteiger partial charge in [0, 0.05) is 18.1 Å². The van der Waals surface area contributed by atoms with Gasteiger partial charge in [0.2, 0.25) is 14.2 Å². The number of anilines is 1. The summed E-state index contributed by atoms with van der Waals surface area (Å²) in [4.78, 5) is 45.3. The fraction of sp³-hybridized carbons (Fsp3) is 0.353. The number of imide groups is 1. The number of fused-ring (bicyclic) bond motifs is 2. The van der Waals surface area contributed by atoms with Crippen LogP contribution in [0.2, 0.25) is 16.6 Å². The van der Waals surface area contributed by atoms with E-state index in [4.69, 9.17) is 4.43 Å². The molecule has 2 aromatic heterocycles. The summed E-state index contributed by atoms with van der Waals surface area (Å²) in [5.41, 5.74) is 3.64. The van der Waals surface area contributed by atoms with E-state index in [-0.39, 0.29) is 6.54 Å². The Kier molecular flexibility index (Phi) is 9.15. The molecule has 3 heterocycles. The van der Waals surface area contributed by atoms with Crippen LogP contribution in [-0.4, -0.2) is 42.5 Å². The van der Waals surface area contributed by atoms with Gasteiger partial charge in [0.1, 0.15) is 5.82 Å². The van der Waals surface area contributed by atoms with E-state index in [2.05, 4.69) is 51.8 Å². The first-order chi connectivity index (χ1) is 20.9. The van der Waals surface area contributed by atoms with Gasteiger partial charge in [-0.15, -0.1) is 11.3 Å². The molecule has 0 fully saturated rings. The molecule has 4 aromatic rings. The van der Waals surface area contributed by atoms with Crippen LogP contribution < -0.4 is 5.32 Å². The maximum absolute atomic E-state index is 14.3. The SMILES string of the molecule is CC(C)[Si](OCc1ccc(C(CN2C(=O)c3ccccc3C2=O)C(=O)Nc2cc3c(F)cncc3s2)cc1)(C(C)C)C(C)C. The van der Waals surface area contributed by atoms with Crippen molar-refractivity contribution in [2.45, 2.75) is 70.7 Å². The van der Waals surface area contributed by atoms with Gasteiger partial charge < -0.3 is 9.74 Å². The third-order valence-corrected chi connectivity index (χ3v) is 15.8. The molecule has 1 N–H and O–H groups in total. The zero-order valence-corrected chi connectivity index (χ0v) is 27.7. The average molecular weight is 632 g/mol. The topological polar surface area (TPSA) is 88.6 Å². The summed E-state index contributed by atoms with van der Waals surface area (Å²) in [6.45, 7) is 13.8. The van der Waals surface area contributed by atoms with Crippen LogP contribution in [0, 0.1) is 5.82 Å². The minimum Gasteiger partial charge on any atom is -0.412 e. The number of hydrogen-bond donors (Lipinski definition) is 1. The lowest BCUT2D eigenvalue weighted by Crippen LogP contribution is -2.47. The average Bonchev–Trinajstić information content (AvgIpc) is 3.50. The van der Waals surface area contributed by atoms with Crippen LogP contribution in [-0.2, 0) is 15.8 Å². The van der Waals surface area contributed by atoms with Crippen LogP contribution in [0.15, 0.2) is 67.0 Å². The van der Waals surface area contributed by atoms with Gasteiger partial charge in [0.15, 0.2) is 0 Å². The molecule has 44 heavy (non-hydrogen) atoms. The molecule has 1 atom stereocenters. The third-order valence-electron chi connectivity index (χ3n) is 8.78. The summed E-state index contributed by atoms with van der Waals surface area (Å²) in [7, 11) is -2.07. The normalized spacial score (nSPS) is 14.3. The number of nitrogens with zero attached hydrogens (tertiary/aromatic N) is 2. The van der Waals surface area contributed by atoms with E-state index in [1.54, 1.807) is 36.5 Å². The van der Waals surface area contributed by atoms with Crippen molar-refractivity contribution >= 4 is 52.5 Å². The van der Waals surface area contributed by atoms with Crippen molar-refractivity contribution in [2.75, 3.05) is 11.9 Å². The van der Waals surface area contributed by atoms with Crippen LogP contribution in [0.5, 0.6) is 0 Å². The molecule has 0 radical (unpaired) electrons. The molecule has 5 rings (SSSR count). The minimum atomic E-state index is -2.07. The van der Waals surface area contributed by atoms with E-state index < -0.39 is 37.8 Å². The lowest BCUT2D eigenvalue weighted by molar-refractivity contribution is -0.117. The van der Waals surface area contributed by atoms with Gasteiger partial charge in [-0.1, -0.05) is 77.9 Å². The van der Waals surface area contributed by atoms with E-state index in [1.165, 1.54) is 11.3 Å². The molecule has 1 aliphatic heterocycles. The highest BCUT2D eigenvalue weighted by Gasteiger charge is 2.45. The largest absolute Gasteiger partial charge is 0.412 e. The summed E-state index contributed by atoms with van der Waals surface area (Å²) in [6.07, 6.45) is 2.68. The number of amides is 3. The second-order valence-electron chi connectivity index (χ2n) is 12.3. The van der Waals surface area contributed by atoms with E-state index >= 15 is 0 Å². The number of halogens is 1.